The van der Waals surface area contributed by atoms with E-state index in [1.54, 1.807) is 19.1 Å². The number of nitrogens with zero attached hydrogens (tertiary/aromatic N) is 2. The molecule has 0 unspecified atom stereocenters. The second-order valence-corrected chi connectivity index (χ2v) is 8.31. The van der Waals surface area contributed by atoms with Crippen molar-refractivity contribution in [1.29, 1.82) is 0 Å². The van der Waals surface area contributed by atoms with Gasteiger partial charge in [-0.3, -0.25) is 9.80 Å². The van der Waals surface area contributed by atoms with Crippen molar-refractivity contribution in [1.82, 2.24) is 9.80 Å². The number of phenolic OH excluding ortho intramolecular Hbond substituents is 1. The van der Waals surface area contributed by atoms with E-state index in [4.69, 9.17) is 9.15 Å². The van der Waals surface area contributed by atoms with Gasteiger partial charge in [-0.1, -0.05) is 30.3 Å². The normalized spacial score (nSPS) is 15.5. The lowest BCUT2D eigenvalue weighted by Crippen LogP contribution is -2.45. The number of ether oxygens (including phenoxy) is 1. The molecule has 3 aromatic rings. The molecule has 1 N–H and O–H groups in total. The van der Waals surface area contributed by atoms with Crippen LogP contribution in [-0.2, 0) is 17.8 Å². The van der Waals surface area contributed by atoms with Crippen LogP contribution in [0.25, 0.3) is 11.0 Å². The molecule has 0 radical (unpaired) electrons. The van der Waals surface area contributed by atoms with Gasteiger partial charge in [0, 0.05) is 38.1 Å². The van der Waals surface area contributed by atoms with E-state index in [9.17, 15) is 9.90 Å². The summed E-state index contributed by atoms with van der Waals surface area (Å²) in [7, 11) is 0. The first kappa shape index (κ1) is 20.9. The van der Waals surface area contributed by atoms with Crippen LogP contribution in [0.3, 0.4) is 0 Å². The number of carbonyl (C=O) groups is 1. The number of esters is 1. The summed E-state index contributed by atoms with van der Waals surface area (Å²) in [6, 6.07) is 13.7. The molecule has 0 spiro atoms. The minimum atomic E-state index is -0.421. The van der Waals surface area contributed by atoms with Gasteiger partial charge in [-0.2, -0.15) is 0 Å². The zero-order valence-corrected chi connectivity index (χ0v) is 18.5. The van der Waals surface area contributed by atoms with Crippen molar-refractivity contribution in [3.05, 3.63) is 63.8 Å². The molecule has 158 valence electrons. The summed E-state index contributed by atoms with van der Waals surface area (Å²) in [5.41, 5.74) is 2.28. The molecule has 0 bridgehead atoms. The number of phenols is 1. The minimum Gasteiger partial charge on any atom is -0.507 e. The van der Waals surface area contributed by atoms with Crippen LogP contribution in [0.4, 0.5) is 0 Å². The molecule has 30 heavy (non-hydrogen) atoms. The number of benzene rings is 2. The summed E-state index contributed by atoms with van der Waals surface area (Å²) >= 11 is 3.31. The van der Waals surface area contributed by atoms with Crippen LogP contribution < -0.4 is 0 Å². The van der Waals surface area contributed by atoms with Gasteiger partial charge in [-0.15, -0.1) is 0 Å². The van der Waals surface area contributed by atoms with Crippen molar-refractivity contribution in [3.8, 4) is 5.75 Å². The average Bonchev–Trinajstić information content (AvgIpc) is 3.07. The maximum Gasteiger partial charge on any atom is 0.342 e. The van der Waals surface area contributed by atoms with Crippen molar-refractivity contribution in [2.75, 3.05) is 32.8 Å². The van der Waals surface area contributed by atoms with Crippen LogP contribution in [0.1, 0.15) is 28.6 Å². The van der Waals surface area contributed by atoms with E-state index in [2.05, 4.69) is 50.0 Å². The van der Waals surface area contributed by atoms with Gasteiger partial charge in [0.2, 0.25) is 0 Å². The molecule has 0 atom stereocenters. The molecule has 0 amide bonds. The van der Waals surface area contributed by atoms with Crippen molar-refractivity contribution in [2.24, 2.45) is 0 Å². The van der Waals surface area contributed by atoms with Gasteiger partial charge in [0.15, 0.2) is 0 Å². The Kier molecular flexibility index (Phi) is 6.41. The number of aromatic hydroxyl groups is 1. The zero-order chi connectivity index (χ0) is 21.1. The van der Waals surface area contributed by atoms with E-state index in [1.807, 2.05) is 6.07 Å². The number of halogens is 1. The van der Waals surface area contributed by atoms with Gasteiger partial charge in [-0.05, 0) is 40.5 Å². The number of hydrogen-bond acceptors (Lipinski definition) is 6. The fourth-order valence-corrected chi connectivity index (χ4v) is 4.17. The summed E-state index contributed by atoms with van der Waals surface area (Å²) < 4.78 is 11.8. The van der Waals surface area contributed by atoms with Crippen LogP contribution in [0.2, 0.25) is 0 Å². The highest BCUT2D eigenvalue weighted by Gasteiger charge is 2.26. The Morgan fingerprint density at radius 2 is 1.77 bits per heavy atom. The van der Waals surface area contributed by atoms with Gasteiger partial charge < -0.3 is 14.3 Å². The third-order valence-electron chi connectivity index (χ3n) is 5.39. The highest BCUT2D eigenvalue weighted by atomic mass is 79.9. The second kappa shape index (κ2) is 9.20. The number of fused-ring (bicyclic) bond motifs is 1. The van der Waals surface area contributed by atoms with E-state index < -0.39 is 5.97 Å². The topological polar surface area (TPSA) is 66.2 Å². The number of rotatable bonds is 6. The fraction of sp³-hybridized carbons (Fsp3) is 0.348. The molecular weight excluding hydrogens is 448 g/mol. The second-order valence-electron chi connectivity index (χ2n) is 7.46. The van der Waals surface area contributed by atoms with E-state index in [1.165, 1.54) is 5.56 Å². The number of furan rings is 1. The molecule has 4 rings (SSSR count). The van der Waals surface area contributed by atoms with E-state index in [0.29, 0.717) is 33.3 Å². The van der Waals surface area contributed by atoms with E-state index in [-0.39, 0.29) is 12.4 Å². The lowest BCUT2D eigenvalue weighted by molar-refractivity contribution is 0.0522. The summed E-state index contributed by atoms with van der Waals surface area (Å²) in [6.45, 7) is 7.22. The Labute approximate surface area is 184 Å². The molecule has 2 aromatic carbocycles. The van der Waals surface area contributed by atoms with Crippen LogP contribution in [0.15, 0.2) is 51.4 Å². The Bertz CT molecular complexity index is 1030. The molecule has 0 saturated carbocycles. The molecule has 1 saturated heterocycles. The van der Waals surface area contributed by atoms with Gasteiger partial charge in [-0.25, -0.2) is 4.79 Å². The summed E-state index contributed by atoms with van der Waals surface area (Å²) in [4.78, 5) is 17.4. The lowest BCUT2D eigenvalue weighted by Gasteiger charge is -2.34. The van der Waals surface area contributed by atoms with Crippen molar-refractivity contribution in [2.45, 2.75) is 20.0 Å². The Morgan fingerprint density at radius 3 is 2.43 bits per heavy atom. The van der Waals surface area contributed by atoms with E-state index in [0.717, 1.165) is 32.7 Å². The first-order valence-corrected chi connectivity index (χ1v) is 10.9. The van der Waals surface area contributed by atoms with Crippen molar-refractivity contribution >= 4 is 32.9 Å². The van der Waals surface area contributed by atoms with Crippen LogP contribution in [0, 0.1) is 0 Å². The maximum atomic E-state index is 12.6. The third kappa shape index (κ3) is 4.53. The Balaban J connectivity index is 1.49. The number of piperazine rings is 1. The third-order valence-corrected chi connectivity index (χ3v) is 6.03. The summed E-state index contributed by atoms with van der Waals surface area (Å²) in [6.07, 6.45) is 0. The molecule has 6 nitrogen and oxygen atoms in total. The average molecular weight is 473 g/mol. The molecule has 1 aliphatic rings. The molecular formula is C23H25BrN2O4. The minimum absolute atomic E-state index is 0.0647. The predicted molar refractivity (Wildman–Crippen MR) is 119 cm³/mol. The maximum absolute atomic E-state index is 12.6. The number of carbonyl (C=O) groups excluding carboxylic acids is 1. The Hall–Kier alpha value is -2.35. The summed E-state index contributed by atoms with van der Waals surface area (Å²) in [5.74, 6) is 0.225. The smallest absolute Gasteiger partial charge is 0.342 e. The molecule has 7 heteroatoms. The Morgan fingerprint density at radius 1 is 1.10 bits per heavy atom. The molecule has 2 heterocycles. The highest BCUT2D eigenvalue weighted by molar-refractivity contribution is 9.10. The molecule has 0 aliphatic carbocycles. The predicted octanol–water partition coefficient (Wildman–Crippen LogP) is 4.40. The molecule has 1 fully saturated rings. The van der Waals surface area contributed by atoms with Gasteiger partial charge in [0.25, 0.3) is 0 Å². The highest BCUT2D eigenvalue weighted by Crippen LogP contribution is 2.35. The monoisotopic (exact) mass is 472 g/mol. The molecule has 1 aliphatic heterocycles. The quantitative estimate of drug-likeness (QED) is 0.536. The SMILES string of the molecule is CCOC(=O)c1c(CN2CCN(Cc3ccccc3)CC2)oc2cc(Br)c(O)cc12. The van der Waals surface area contributed by atoms with Crippen molar-refractivity contribution < 1.29 is 19.1 Å². The lowest BCUT2D eigenvalue weighted by atomic mass is 10.1. The molecule has 1 aromatic heterocycles. The van der Waals surface area contributed by atoms with Crippen LogP contribution in [-0.4, -0.2) is 53.7 Å². The number of hydrogen-bond donors (Lipinski definition) is 1. The standard InChI is InChI=1S/C23H25BrN2O4/c1-2-29-23(28)22-17-12-19(27)18(24)13-20(17)30-21(22)15-26-10-8-25(9-11-26)14-16-6-4-3-5-7-16/h3-7,12-13,27H,2,8-11,14-15H2,1H3. The first-order valence-electron chi connectivity index (χ1n) is 10.1. The van der Waals surface area contributed by atoms with Crippen LogP contribution in [0.5, 0.6) is 5.75 Å². The summed E-state index contributed by atoms with van der Waals surface area (Å²) in [5, 5.41) is 10.7. The van der Waals surface area contributed by atoms with E-state index >= 15 is 0 Å². The van der Waals surface area contributed by atoms with Gasteiger partial charge >= 0.3 is 5.97 Å². The van der Waals surface area contributed by atoms with Gasteiger partial charge in [0.05, 0.1) is 17.6 Å². The van der Waals surface area contributed by atoms with Gasteiger partial charge in [0.1, 0.15) is 22.7 Å². The zero-order valence-electron chi connectivity index (χ0n) is 16.9. The van der Waals surface area contributed by atoms with Crippen LogP contribution >= 0.6 is 15.9 Å². The van der Waals surface area contributed by atoms with Crippen molar-refractivity contribution in [3.63, 3.8) is 0 Å². The first-order chi connectivity index (χ1) is 14.5. The largest absolute Gasteiger partial charge is 0.507 e. The fourth-order valence-electron chi connectivity index (χ4n) is 3.85.